The third kappa shape index (κ3) is 3.57. The van der Waals surface area contributed by atoms with E-state index in [4.69, 9.17) is 0 Å². The molecule has 0 aromatic rings. The molecule has 0 radical (unpaired) electrons. The second-order valence-corrected chi connectivity index (χ2v) is 12.3. The molecule has 0 N–H and O–H groups in total. The molecule has 0 spiro atoms. The Morgan fingerprint density at radius 2 is 1.77 bits per heavy atom. The van der Waals surface area contributed by atoms with Gasteiger partial charge in [0, 0.05) is 12.8 Å². The summed E-state index contributed by atoms with van der Waals surface area (Å²) >= 11 is 0. The molecular formula is C29H46O. The van der Waals surface area contributed by atoms with Crippen LogP contribution in [0.4, 0.5) is 0 Å². The van der Waals surface area contributed by atoms with Crippen molar-refractivity contribution < 1.29 is 4.79 Å². The molecule has 1 unspecified atom stereocenters. The number of fused-ring (bicyclic) bond motifs is 5. The summed E-state index contributed by atoms with van der Waals surface area (Å²) in [6.45, 7) is 14.7. The molecule has 4 aliphatic rings. The van der Waals surface area contributed by atoms with Crippen molar-refractivity contribution in [1.29, 1.82) is 0 Å². The van der Waals surface area contributed by atoms with Gasteiger partial charge in [-0.25, -0.2) is 0 Å². The first kappa shape index (κ1) is 22.3. The minimum absolute atomic E-state index is 0.383. The van der Waals surface area contributed by atoms with Crippen LogP contribution in [0.25, 0.3) is 0 Å². The lowest BCUT2D eigenvalue weighted by Gasteiger charge is -2.57. The summed E-state index contributed by atoms with van der Waals surface area (Å²) in [5.41, 5.74) is 2.68. The summed E-state index contributed by atoms with van der Waals surface area (Å²) in [6, 6.07) is 0. The summed E-state index contributed by atoms with van der Waals surface area (Å²) < 4.78 is 0. The Kier molecular flexibility index (Phi) is 6.15. The van der Waals surface area contributed by atoms with Crippen LogP contribution in [0.1, 0.15) is 99.3 Å². The minimum atomic E-state index is 0.383. The van der Waals surface area contributed by atoms with Crippen LogP contribution in [-0.4, -0.2) is 5.78 Å². The average Bonchev–Trinajstić information content (AvgIpc) is 3.06. The molecule has 0 aromatic heterocycles. The zero-order chi connectivity index (χ0) is 21.7. The van der Waals surface area contributed by atoms with E-state index in [1.54, 1.807) is 0 Å². The Morgan fingerprint density at radius 3 is 2.47 bits per heavy atom. The van der Waals surface area contributed by atoms with E-state index >= 15 is 0 Å². The molecule has 0 aliphatic heterocycles. The van der Waals surface area contributed by atoms with Crippen LogP contribution >= 0.6 is 0 Å². The summed E-state index contributed by atoms with van der Waals surface area (Å²) in [6.07, 6.45) is 18.5. The van der Waals surface area contributed by atoms with Gasteiger partial charge in [-0.05, 0) is 97.2 Å². The highest BCUT2D eigenvalue weighted by Gasteiger charge is 2.58. The van der Waals surface area contributed by atoms with Crippen molar-refractivity contribution in [3.63, 3.8) is 0 Å². The number of allylic oxidation sites excluding steroid dienone is 4. The molecule has 0 aromatic carbocycles. The topological polar surface area (TPSA) is 17.1 Å². The van der Waals surface area contributed by atoms with Crippen molar-refractivity contribution in [3.8, 4) is 0 Å². The van der Waals surface area contributed by atoms with Gasteiger partial charge in [-0.1, -0.05) is 65.3 Å². The number of Topliss-reactive ketones (excluding diaryl/α,β-unsaturated/α-hetero) is 1. The Hall–Kier alpha value is -0.850. The molecule has 4 rings (SSSR count). The lowest BCUT2D eigenvalue weighted by molar-refractivity contribution is -0.127. The Balaban J connectivity index is 1.54. The van der Waals surface area contributed by atoms with Crippen molar-refractivity contribution >= 4 is 5.78 Å². The lowest BCUT2D eigenvalue weighted by Crippen LogP contribution is -2.49. The van der Waals surface area contributed by atoms with Gasteiger partial charge in [0.05, 0.1) is 0 Å². The Labute approximate surface area is 186 Å². The molecular weight excluding hydrogens is 364 g/mol. The maximum atomic E-state index is 12.1. The monoisotopic (exact) mass is 410 g/mol. The number of ketones is 1. The van der Waals surface area contributed by atoms with Gasteiger partial charge in [-0.3, -0.25) is 4.79 Å². The first-order valence-corrected chi connectivity index (χ1v) is 13.1. The van der Waals surface area contributed by atoms with E-state index in [0.29, 0.717) is 28.4 Å². The number of rotatable bonds is 5. The maximum Gasteiger partial charge on any atom is 0.133 e. The zero-order valence-electron chi connectivity index (χ0n) is 20.5. The normalized spacial score (nSPS) is 43.2. The Morgan fingerprint density at radius 1 is 1.03 bits per heavy atom. The van der Waals surface area contributed by atoms with Gasteiger partial charge < -0.3 is 0 Å². The molecule has 1 heteroatoms. The minimum Gasteiger partial charge on any atom is -0.300 e. The molecule has 0 amide bonds. The van der Waals surface area contributed by atoms with Crippen molar-refractivity contribution in [3.05, 3.63) is 23.8 Å². The summed E-state index contributed by atoms with van der Waals surface area (Å²) in [5, 5.41) is 0. The highest BCUT2D eigenvalue weighted by atomic mass is 16.1. The molecule has 0 saturated heterocycles. The van der Waals surface area contributed by atoms with E-state index in [9.17, 15) is 4.79 Å². The zero-order valence-corrected chi connectivity index (χ0v) is 20.5. The van der Waals surface area contributed by atoms with E-state index < -0.39 is 0 Å². The molecule has 3 fully saturated rings. The van der Waals surface area contributed by atoms with E-state index in [2.05, 4.69) is 59.8 Å². The lowest BCUT2D eigenvalue weighted by atomic mass is 9.48. The average molecular weight is 411 g/mol. The second kappa shape index (κ2) is 8.25. The summed E-state index contributed by atoms with van der Waals surface area (Å²) in [5.74, 6) is 5.63. The summed E-state index contributed by atoms with van der Waals surface area (Å²) in [4.78, 5) is 12.1. The van der Waals surface area contributed by atoms with E-state index in [0.717, 1.165) is 55.3 Å². The van der Waals surface area contributed by atoms with Gasteiger partial charge in [-0.2, -0.15) is 0 Å². The molecule has 3 saturated carbocycles. The summed E-state index contributed by atoms with van der Waals surface area (Å²) in [7, 11) is 0. The molecule has 0 heterocycles. The first-order chi connectivity index (χ1) is 14.2. The molecule has 4 aliphatic carbocycles. The van der Waals surface area contributed by atoms with Crippen LogP contribution < -0.4 is 0 Å². The second-order valence-electron chi connectivity index (χ2n) is 12.3. The quantitative estimate of drug-likeness (QED) is 0.419. The van der Waals surface area contributed by atoms with Crippen LogP contribution in [0, 0.1) is 52.3 Å². The molecule has 168 valence electrons. The molecule has 30 heavy (non-hydrogen) atoms. The first-order valence-electron chi connectivity index (χ1n) is 13.1. The highest BCUT2D eigenvalue weighted by Crippen LogP contribution is 2.66. The maximum absolute atomic E-state index is 12.1. The van der Waals surface area contributed by atoms with E-state index in [-0.39, 0.29) is 0 Å². The van der Waals surface area contributed by atoms with E-state index in [1.807, 2.05) is 5.57 Å². The molecule has 1 nitrogen and oxygen atoms in total. The van der Waals surface area contributed by atoms with Crippen molar-refractivity contribution in [2.45, 2.75) is 99.3 Å². The molecule has 0 bridgehead atoms. The van der Waals surface area contributed by atoms with Gasteiger partial charge in [-0.15, -0.1) is 0 Å². The number of carbonyl (C=O) groups is 1. The van der Waals surface area contributed by atoms with Crippen LogP contribution in [0.5, 0.6) is 0 Å². The Bertz CT molecular complexity index is 714. The van der Waals surface area contributed by atoms with Crippen LogP contribution in [0.2, 0.25) is 0 Å². The standard InChI is InChI=1S/C29H46O/c1-7-21(19(2)3)9-8-20(4)25-12-13-26-24-11-10-22-18-23(30)14-16-28(22,5)27(24)15-17-29(25,26)6/h8-9,11,19-22,25-27H,7,10,12-18H2,1-6H3/t20-,21-,22?,25-,26+,27+,28+,29-/m1/s1. The molecule has 8 atom stereocenters. The fourth-order valence-electron chi connectivity index (χ4n) is 8.49. The predicted octanol–water partition coefficient (Wildman–Crippen LogP) is 8.01. The SMILES string of the molecule is CC[C@H](C=C[C@@H](C)[C@H]1CC[C@H]2C3=CCC4CC(=O)CC[C@]4(C)[C@H]3CC[C@]12C)C(C)C. The van der Waals surface area contributed by atoms with E-state index in [1.165, 1.54) is 32.1 Å². The van der Waals surface area contributed by atoms with Gasteiger partial charge >= 0.3 is 0 Å². The van der Waals surface area contributed by atoms with Gasteiger partial charge in [0.2, 0.25) is 0 Å². The van der Waals surface area contributed by atoms with Gasteiger partial charge in [0.25, 0.3) is 0 Å². The number of hydrogen-bond acceptors (Lipinski definition) is 1. The van der Waals surface area contributed by atoms with Crippen LogP contribution in [0.15, 0.2) is 23.8 Å². The fourth-order valence-corrected chi connectivity index (χ4v) is 8.49. The van der Waals surface area contributed by atoms with Crippen LogP contribution in [0.3, 0.4) is 0 Å². The van der Waals surface area contributed by atoms with Crippen molar-refractivity contribution in [2.75, 3.05) is 0 Å². The van der Waals surface area contributed by atoms with Gasteiger partial charge in [0.15, 0.2) is 0 Å². The van der Waals surface area contributed by atoms with Gasteiger partial charge in [0.1, 0.15) is 5.78 Å². The predicted molar refractivity (Wildman–Crippen MR) is 127 cm³/mol. The highest BCUT2D eigenvalue weighted by molar-refractivity contribution is 5.79. The van der Waals surface area contributed by atoms with Crippen LogP contribution in [-0.2, 0) is 4.79 Å². The smallest absolute Gasteiger partial charge is 0.133 e. The third-order valence-electron chi connectivity index (χ3n) is 10.6. The fraction of sp³-hybridized carbons (Fsp3) is 0.828. The van der Waals surface area contributed by atoms with Crippen molar-refractivity contribution in [2.24, 2.45) is 52.3 Å². The third-order valence-corrected chi connectivity index (χ3v) is 10.6. The largest absolute Gasteiger partial charge is 0.300 e. The number of hydrogen-bond donors (Lipinski definition) is 0. The number of carbonyl (C=O) groups excluding carboxylic acids is 1. The van der Waals surface area contributed by atoms with Crippen molar-refractivity contribution in [1.82, 2.24) is 0 Å².